The molecule has 162 valence electrons. The van der Waals surface area contributed by atoms with Crippen molar-refractivity contribution in [3.05, 3.63) is 16.0 Å². The highest BCUT2D eigenvalue weighted by Gasteiger charge is 2.31. The number of carbonyl (C=O) groups is 6. The highest BCUT2D eigenvalue weighted by Crippen LogP contribution is 2.33. The number of ether oxygens (including phenoxy) is 2. The van der Waals surface area contributed by atoms with Gasteiger partial charge in [-0.25, -0.2) is 4.79 Å². The monoisotopic (exact) mass is 439 g/mol. The molecule has 12 heteroatoms. The zero-order chi connectivity index (χ0) is 22.4. The maximum absolute atomic E-state index is 12.3. The van der Waals surface area contributed by atoms with Gasteiger partial charge in [0.2, 0.25) is 11.8 Å². The molecule has 0 aromatic carbocycles. The van der Waals surface area contributed by atoms with Gasteiger partial charge in [-0.05, 0) is 19.4 Å². The fourth-order valence-electron chi connectivity index (χ4n) is 2.66. The number of nitrogens with one attached hydrogen (secondary N) is 2. The molecule has 1 aromatic heterocycles. The molecule has 0 saturated carbocycles. The summed E-state index contributed by atoms with van der Waals surface area (Å²) in [5.74, 6) is -3.78. The van der Waals surface area contributed by atoms with Crippen LogP contribution in [-0.2, 0) is 28.7 Å². The van der Waals surface area contributed by atoms with Crippen LogP contribution in [0.1, 0.15) is 45.4 Å². The van der Waals surface area contributed by atoms with E-state index in [1.54, 1.807) is 13.8 Å². The predicted octanol–water partition coefficient (Wildman–Crippen LogP) is 0.224. The van der Waals surface area contributed by atoms with Gasteiger partial charge in [-0.15, -0.1) is 11.3 Å². The normalized spacial score (nSPS) is 13.2. The number of nitrogens with zero attached hydrogens (tertiary/aromatic N) is 1. The van der Waals surface area contributed by atoms with Crippen molar-refractivity contribution in [2.75, 3.05) is 32.1 Å². The summed E-state index contributed by atoms with van der Waals surface area (Å²) in [6, 6.07) is 0. The third-order valence-electron chi connectivity index (χ3n) is 4.12. The number of hydrogen-bond acceptors (Lipinski definition) is 9. The molecule has 1 saturated heterocycles. The Hall–Kier alpha value is -3.28. The van der Waals surface area contributed by atoms with Gasteiger partial charge in [-0.1, -0.05) is 0 Å². The Morgan fingerprint density at radius 1 is 1.10 bits per heavy atom. The van der Waals surface area contributed by atoms with E-state index in [0.717, 1.165) is 16.2 Å². The minimum absolute atomic E-state index is 0.0355. The summed E-state index contributed by atoms with van der Waals surface area (Å²) >= 11 is 0.879. The summed E-state index contributed by atoms with van der Waals surface area (Å²) in [5.41, 5.74) is 0.379. The third kappa shape index (κ3) is 5.20. The maximum atomic E-state index is 12.3. The van der Waals surface area contributed by atoms with Gasteiger partial charge in [0.1, 0.15) is 11.5 Å². The summed E-state index contributed by atoms with van der Waals surface area (Å²) < 4.78 is 9.78. The van der Waals surface area contributed by atoms with Gasteiger partial charge in [-0.2, -0.15) is 0 Å². The number of rotatable bonds is 8. The number of carbonyl (C=O) groups excluding carboxylic acids is 6. The highest BCUT2D eigenvalue weighted by atomic mass is 32.1. The fourth-order valence-corrected chi connectivity index (χ4v) is 3.82. The molecule has 2 heterocycles. The van der Waals surface area contributed by atoms with Crippen LogP contribution in [0.2, 0.25) is 0 Å². The fraction of sp³-hybridized carbons (Fsp3) is 0.444. The molecule has 0 bridgehead atoms. The third-order valence-corrected chi connectivity index (χ3v) is 5.32. The zero-order valence-corrected chi connectivity index (χ0v) is 17.5. The quantitative estimate of drug-likeness (QED) is 0.432. The molecule has 1 aliphatic heterocycles. The van der Waals surface area contributed by atoms with Gasteiger partial charge >= 0.3 is 11.9 Å². The average molecular weight is 439 g/mol. The van der Waals surface area contributed by atoms with E-state index in [1.807, 2.05) is 0 Å². The molecule has 0 unspecified atom stereocenters. The first-order valence-electron chi connectivity index (χ1n) is 9.00. The first kappa shape index (κ1) is 23.0. The second-order valence-corrected chi connectivity index (χ2v) is 7.16. The van der Waals surface area contributed by atoms with Gasteiger partial charge in [0.15, 0.2) is 6.61 Å². The van der Waals surface area contributed by atoms with E-state index in [1.165, 1.54) is 7.05 Å². The largest absolute Gasteiger partial charge is 0.462 e. The predicted molar refractivity (Wildman–Crippen MR) is 104 cm³/mol. The Kier molecular flexibility index (Phi) is 7.64. The Bertz CT molecular complexity index is 891. The molecule has 0 spiro atoms. The molecule has 30 heavy (non-hydrogen) atoms. The second kappa shape index (κ2) is 9.96. The van der Waals surface area contributed by atoms with Crippen LogP contribution < -0.4 is 10.6 Å². The van der Waals surface area contributed by atoms with Gasteiger partial charge in [0.25, 0.3) is 11.8 Å². The number of imide groups is 1. The minimum Gasteiger partial charge on any atom is -0.462 e. The van der Waals surface area contributed by atoms with Gasteiger partial charge in [-0.3, -0.25) is 28.9 Å². The van der Waals surface area contributed by atoms with Crippen molar-refractivity contribution in [3.63, 3.8) is 0 Å². The molecule has 1 aliphatic rings. The first-order valence-corrected chi connectivity index (χ1v) is 9.82. The van der Waals surface area contributed by atoms with E-state index in [-0.39, 0.29) is 34.9 Å². The van der Waals surface area contributed by atoms with Crippen molar-refractivity contribution < 1.29 is 38.2 Å². The second-order valence-electron chi connectivity index (χ2n) is 6.14. The van der Waals surface area contributed by atoms with Crippen LogP contribution in [0.15, 0.2) is 0 Å². The van der Waals surface area contributed by atoms with Crippen molar-refractivity contribution in [2.24, 2.45) is 0 Å². The lowest BCUT2D eigenvalue weighted by Gasteiger charge is -2.12. The van der Waals surface area contributed by atoms with Crippen molar-refractivity contribution in [2.45, 2.75) is 26.7 Å². The summed E-state index contributed by atoms with van der Waals surface area (Å²) in [6.45, 7) is 1.99. The van der Waals surface area contributed by atoms with Crippen LogP contribution in [-0.4, -0.2) is 67.3 Å². The van der Waals surface area contributed by atoms with Crippen LogP contribution in [0, 0.1) is 6.92 Å². The molecule has 2 rings (SSSR count). The Labute approximate surface area is 175 Å². The van der Waals surface area contributed by atoms with Gasteiger partial charge in [0, 0.05) is 19.9 Å². The molecule has 11 nitrogen and oxygen atoms in total. The van der Waals surface area contributed by atoms with E-state index in [0.29, 0.717) is 5.56 Å². The number of anilines is 1. The Balaban J connectivity index is 2.05. The van der Waals surface area contributed by atoms with Crippen LogP contribution in [0.5, 0.6) is 0 Å². The van der Waals surface area contributed by atoms with Gasteiger partial charge in [0.05, 0.1) is 17.0 Å². The van der Waals surface area contributed by atoms with E-state index in [4.69, 9.17) is 9.47 Å². The van der Waals surface area contributed by atoms with Crippen molar-refractivity contribution in [3.8, 4) is 0 Å². The van der Waals surface area contributed by atoms with Crippen LogP contribution in [0.4, 0.5) is 5.00 Å². The first-order chi connectivity index (χ1) is 14.2. The molecule has 1 aromatic rings. The highest BCUT2D eigenvalue weighted by molar-refractivity contribution is 7.18. The number of amides is 4. The van der Waals surface area contributed by atoms with Crippen LogP contribution >= 0.6 is 11.3 Å². The maximum Gasteiger partial charge on any atom is 0.341 e. The van der Waals surface area contributed by atoms with E-state index >= 15 is 0 Å². The van der Waals surface area contributed by atoms with E-state index < -0.39 is 48.7 Å². The standard InChI is InChI=1S/C18H21N3O8S/c1-4-28-18(27)14-9(2)15(16(26)19-3)30-17(14)20-10(22)8-29-13(25)7-21-11(23)5-6-12(21)24/h4-8H2,1-3H3,(H,19,26)(H,20,22). The van der Waals surface area contributed by atoms with Crippen LogP contribution in [0.25, 0.3) is 0 Å². The van der Waals surface area contributed by atoms with Crippen LogP contribution in [0.3, 0.4) is 0 Å². The molecule has 0 atom stereocenters. The number of likely N-dealkylation sites (tertiary alicyclic amines) is 1. The summed E-state index contributed by atoms with van der Waals surface area (Å²) in [5, 5.41) is 4.96. The summed E-state index contributed by atoms with van der Waals surface area (Å²) in [4.78, 5) is 72.3. The van der Waals surface area contributed by atoms with Crippen molar-refractivity contribution in [1.82, 2.24) is 10.2 Å². The summed E-state index contributed by atoms with van der Waals surface area (Å²) in [7, 11) is 1.43. The zero-order valence-electron chi connectivity index (χ0n) is 16.7. The average Bonchev–Trinajstić information content (AvgIpc) is 3.19. The molecular weight excluding hydrogens is 418 g/mol. The summed E-state index contributed by atoms with van der Waals surface area (Å²) in [6.07, 6.45) is 0.0727. The Morgan fingerprint density at radius 3 is 2.30 bits per heavy atom. The smallest absolute Gasteiger partial charge is 0.341 e. The lowest BCUT2D eigenvalue weighted by molar-refractivity contribution is -0.153. The minimum atomic E-state index is -0.923. The number of hydrogen-bond donors (Lipinski definition) is 2. The SMILES string of the molecule is CCOC(=O)c1c(NC(=O)COC(=O)CN2C(=O)CCC2=O)sc(C(=O)NC)c1C. The van der Waals surface area contributed by atoms with Crippen molar-refractivity contribution >= 4 is 51.9 Å². The lowest BCUT2D eigenvalue weighted by Crippen LogP contribution is -2.36. The van der Waals surface area contributed by atoms with Gasteiger partial charge < -0.3 is 20.1 Å². The molecule has 0 radical (unpaired) electrons. The molecule has 2 N–H and O–H groups in total. The molecular formula is C18H21N3O8S. The molecule has 4 amide bonds. The lowest BCUT2D eigenvalue weighted by atomic mass is 10.1. The topological polar surface area (TPSA) is 148 Å². The van der Waals surface area contributed by atoms with Crippen molar-refractivity contribution in [1.29, 1.82) is 0 Å². The molecule has 0 aliphatic carbocycles. The Morgan fingerprint density at radius 2 is 1.73 bits per heavy atom. The van der Waals surface area contributed by atoms with E-state index in [9.17, 15) is 28.8 Å². The van der Waals surface area contributed by atoms with E-state index in [2.05, 4.69) is 10.6 Å². The molecule has 1 fully saturated rings. The number of esters is 2. The number of thiophene rings is 1.